The second kappa shape index (κ2) is 6.51. The molecule has 1 unspecified atom stereocenters. The molecule has 2 heterocycles. The summed E-state index contributed by atoms with van der Waals surface area (Å²) in [5.74, 6) is 0.307. The van der Waals surface area contributed by atoms with Crippen LogP contribution >= 0.6 is 0 Å². The Hall–Kier alpha value is -2.18. The topological polar surface area (TPSA) is 96.6 Å². The summed E-state index contributed by atoms with van der Waals surface area (Å²) in [5.41, 5.74) is 0.434. The van der Waals surface area contributed by atoms with Crippen LogP contribution in [0.3, 0.4) is 0 Å². The van der Waals surface area contributed by atoms with Crippen molar-refractivity contribution < 1.29 is 14.8 Å². The van der Waals surface area contributed by atoms with Crippen LogP contribution in [0, 0.1) is 23.0 Å². The van der Waals surface area contributed by atoms with Gasteiger partial charge < -0.3 is 10.0 Å². The summed E-state index contributed by atoms with van der Waals surface area (Å²) in [6, 6.07) is 3.16. The molecule has 1 N–H and O–H groups in total. The second-order valence-corrected chi connectivity index (χ2v) is 5.42. The highest BCUT2D eigenvalue weighted by Gasteiger charge is 2.22. The molecule has 1 atom stereocenters. The van der Waals surface area contributed by atoms with Crippen LogP contribution in [-0.4, -0.2) is 34.1 Å². The minimum atomic E-state index is -0.767. The van der Waals surface area contributed by atoms with Gasteiger partial charge in [-0.15, -0.1) is 0 Å². The Kier molecular flexibility index (Phi) is 4.72. The van der Waals surface area contributed by atoms with Gasteiger partial charge in [-0.3, -0.25) is 14.9 Å². The molecule has 7 nitrogen and oxygen atoms in total. The van der Waals surface area contributed by atoms with E-state index in [1.807, 2.05) is 0 Å². The maximum absolute atomic E-state index is 10.8. The number of hydrogen-bond donors (Lipinski definition) is 1. The van der Waals surface area contributed by atoms with Crippen molar-refractivity contribution >= 4 is 17.5 Å². The zero-order valence-electron chi connectivity index (χ0n) is 12.0. The minimum Gasteiger partial charge on any atom is -0.481 e. The van der Waals surface area contributed by atoms with E-state index in [1.54, 1.807) is 13.0 Å². The van der Waals surface area contributed by atoms with Crippen molar-refractivity contribution in [3.63, 3.8) is 0 Å². The SMILES string of the molecule is Cc1nc(N2CCCC(CCC(=O)O)C2)ccc1[N+](=O)[O-]. The number of rotatable bonds is 5. The lowest BCUT2D eigenvalue weighted by Crippen LogP contribution is -2.36. The molecule has 0 aliphatic carbocycles. The third kappa shape index (κ3) is 3.90. The third-order valence-corrected chi connectivity index (χ3v) is 3.85. The number of carbonyl (C=O) groups is 1. The molecule has 0 radical (unpaired) electrons. The van der Waals surface area contributed by atoms with E-state index >= 15 is 0 Å². The number of carboxylic acid groups (broad SMARTS) is 1. The highest BCUT2D eigenvalue weighted by atomic mass is 16.6. The van der Waals surface area contributed by atoms with Crippen molar-refractivity contribution in [1.82, 2.24) is 4.98 Å². The van der Waals surface area contributed by atoms with E-state index in [0.717, 1.165) is 31.7 Å². The Labute approximate surface area is 122 Å². The van der Waals surface area contributed by atoms with Gasteiger partial charge in [0.1, 0.15) is 11.5 Å². The Morgan fingerprint density at radius 1 is 1.57 bits per heavy atom. The van der Waals surface area contributed by atoms with Crippen LogP contribution in [0.4, 0.5) is 11.5 Å². The molecule has 0 bridgehead atoms. The number of piperidine rings is 1. The Balaban J connectivity index is 2.05. The van der Waals surface area contributed by atoms with Crippen LogP contribution in [0.5, 0.6) is 0 Å². The highest BCUT2D eigenvalue weighted by molar-refractivity contribution is 5.66. The molecular weight excluding hydrogens is 274 g/mol. The summed E-state index contributed by atoms with van der Waals surface area (Å²) in [6.07, 6.45) is 2.86. The van der Waals surface area contributed by atoms with Crippen molar-refractivity contribution in [2.75, 3.05) is 18.0 Å². The van der Waals surface area contributed by atoms with Gasteiger partial charge in [0.05, 0.1) is 4.92 Å². The van der Waals surface area contributed by atoms with Gasteiger partial charge in [-0.25, -0.2) is 4.98 Å². The number of hydrogen-bond acceptors (Lipinski definition) is 5. The minimum absolute atomic E-state index is 0.0261. The number of anilines is 1. The molecule has 0 saturated carbocycles. The first-order valence-corrected chi connectivity index (χ1v) is 7.06. The van der Waals surface area contributed by atoms with Gasteiger partial charge in [-0.05, 0) is 38.2 Å². The Bertz CT molecular complexity index is 547. The maximum atomic E-state index is 10.8. The largest absolute Gasteiger partial charge is 0.481 e. The maximum Gasteiger partial charge on any atom is 0.303 e. The number of nitro groups is 1. The van der Waals surface area contributed by atoms with E-state index in [4.69, 9.17) is 5.11 Å². The van der Waals surface area contributed by atoms with E-state index in [2.05, 4.69) is 9.88 Å². The van der Waals surface area contributed by atoms with Crippen molar-refractivity contribution in [2.24, 2.45) is 5.92 Å². The third-order valence-electron chi connectivity index (χ3n) is 3.85. The van der Waals surface area contributed by atoms with Gasteiger partial charge in [-0.1, -0.05) is 0 Å². The number of aliphatic carboxylic acids is 1. The molecule has 0 amide bonds. The van der Waals surface area contributed by atoms with Crippen LogP contribution in [0.25, 0.3) is 0 Å². The van der Waals surface area contributed by atoms with Gasteiger partial charge in [0.15, 0.2) is 0 Å². The second-order valence-electron chi connectivity index (χ2n) is 5.42. The van der Waals surface area contributed by atoms with Crippen LogP contribution < -0.4 is 4.90 Å². The summed E-state index contributed by atoms with van der Waals surface area (Å²) >= 11 is 0. The standard InChI is InChI=1S/C14H19N3O4/c1-10-12(17(20)21)5-6-13(15-10)16-8-2-3-11(9-16)4-7-14(18)19/h5-6,11H,2-4,7-9H2,1H3,(H,18,19). The fourth-order valence-electron chi connectivity index (χ4n) is 2.75. The molecular formula is C14H19N3O4. The Morgan fingerprint density at radius 2 is 2.33 bits per heavy atom. The summed E-state index contributed by atoms with van der Waals surface area (Å²) in [4.78, 5) is 27.4. The van der Waals surface area contributed by atoms with E-state index in [9.17, 15) is 14.9 Å². The molecule has 1 fully saturated rings. The number of pyridine rings is 1. The molecule has 1 saturated heterocycles. The van der Waals surface area contributed by atoms with Crippen molar-refractivity contribution in [1.29, 1.82) is 0 Å². The molecule has 7 heteroatoms. The number of carboxylic acids is 1. The summed E-state index contributed by atoms with van der Waals surface area (Å²) < 4.78 is 0. The molecule has 2 rings (SSSR count). The average Bonchev–Trinajstić information content (AvgIpc) is 2.45. The number of nitrogens with zero attached hydrogens (tertiary/aromatic N) is 3. The smallest absolute Gasteiger partial charge is 0.303 e. The van der Waals surface area contributed by atoms with Gasteiger partial charge in [0.2, 0.25) is 0 Å². The van der Waals surface area contributed by atoms with E-state index in [0.29, 0.717) is 18.0 Å². The number of aryl methyl sites for hydroxylation is 1. The van der Waals surface area contributed by atoms with Gasteiger partial charge >= 0.3 is 5.97 Å². The lowest BCUT2D eigenvalue weighted by molar-refractivity contribution is -0.385. The molecule has 1 aliphatic heterocycles. The molecule has 1 aromatic heterocycles. The Morgan fingerprint density at radius 3 is 2.95 bits per heavy atom. The van der Waals surface area contributed by atoms with Gasteiger partial charge in [0.25, 0.3) is 5.69 Å². The van der Waals surface area contributed by atoms with E-state index in [1.165, 1.54) is 6.07 Å². The van der Waals surface area contributed by atoms with Crippen LogP contribution in [0.1, 0.15) is 31.4 Å². The van der Waals surface area contributed by atoms with Crippen LogP contribution in [-0.2, 0) is 4.79 Å². The van der Waals surface area contributed by atoms with Crippen molar-refractivity contribution in [3.05, 3.63) is 27.9 Å². The molecule has 0 spiro atoms. The summed E-state index contributed by atoms with van der Waals surface area (Å²) in [6.45, 7) is 3.25. The first kappa shape index (κ1) is 15.2. The van der Waals surface area contributed by atoms with Crippen LogP contribution in [0.2, 0.25) is 0 Å². The fourth-order valence-corrected chi connectivity index (χ4v) is 2.75. The lowest BCUT2D eigenvalue weighted by Gasteiger charge is -2.33. The zero-order valence-corrected chi connectivity index (χ0v) is 12.0. The first-order valence-electron chi connectivity index (χ1n) is 7.06. The first-order chi connectivity index (χ1) is 9.97. The predicted octanol–water partition coefficient (Wildman–Crippen LogP) is 2.38. The monoisotopic (exact) mass is 293 g/mol. The zero-order chi connectivity index (χ0) is 15.4. The van der Waals surface area contributed by atoms with Crippen molar-refractivity contribution in [3.8, 4) is 0 Å². The molecule has 1 aromatic rings. The lowest BCUT2D eigenvalue weighted by atomic mass is 9.93. The molecule has 114 valence electrons. The summed E-state index contributed by atoms with van der Waals surface area (Å²) in [5, 5.41) is 19.6. The molecule has 0 aromatic carbocycles. The van der Waals surface area contributed by atoms with Gasteiger partial charge in [0, 0.05) is 25.6 Å². The van der Waals surface area contributed by atoms with Crippen molar-refractivity contribution in [2.45, 2.75) is 32.6 Å². The average molecular weight is 293 g/mol. The quantitative estimate of drug-likeness (QED) is 0.661. The van der Waals surface area contributed by atoms with Crippen LogP contribution in [0.15, 0.2) is 12.1 Å². The molecule has 21 heavy (non-hydrogen) atoms. The normalized spacial score (nSPS) is 18.5. The van der Waals surface area contributed by atoms with E-state index in [-0.39, 0.29) is 12.1 Å². The van der Waals surface area contributed by atoms with Gasteiger partial charge in [-0.2, -0.15) is 0 Å². The number of aromatic nitrogens is 1. The summed E-state index contributed by atoms with van der Waals surface area (Å²) in [7, 11) is 0. The van der Waals surface area contributed by atoms with E-state index < -0.39 is 10.9 Å². The fraction of sp³-hybridized carbons (Fsp3) is 0.571. The predicted molar refractivity (Wildman–Crippen MR) is 77.4 cm³/mol. The highest BCUT2D eigenvalue weighted by Crippen LogP contribution is 2.26. The molecule has 1 aliphatic rings.